The number of piperidine rings is 1. The molecule has 1 unspecified atom stereocenters. The van der Waals surface area contributed by atoms with Gasteiger partial charge in [-0.3, -0.25) is 4.79 Å². The van der Waals surface area contributed by atoms with Crippen LogP contribution in [-0.2, 0) is 14.8 Å². The van der Waals surface area contributed by atoms with Crippen molar-refractivity contribution in [3.05, 3.63) is 24.2 Å². The summed E-state index contributed by atoms with van der Waals surface area (Å²) in [5, 5.41) is 0. The Balaban J connectivity index is 1.84. The normalized spacial score (nSPS) is 24.0. The van der Waals surface area contributed by atoms with Crippen LogP contribution in [0, 0.1) is 0 Å². The standard InChI is InChI=1S/C16H24N2O5S/c1-24(20,21)17-7-2-3-15(11-17)18(14-5-9-22-10-6-14)16(19)13-4-8-23-12-13/h4,8,12,14-15H,2-3,5-7,9-11H2,1H3. The van der Waals surface area contributed by atoms with Gasteiger partial charge in [0.1, 0.15) is 6.26 Å². The smallest absolute Gasteiger partial charge is 0.257 e. The van der Waals surface area contributed by atoms with Crippen LogP contribution in [0.1, 0.15) is 36.0 Å². The second-order valence-corrected chi connectivity index (χ2v) is 8.47. The van der Waals surface area contributed by atoms with Gasteiger partial charge in [-0.15, -0.1) is 0 Å². The predicted molar refractivity (Wildman–Crippen MR) is 88.2 cm³/mol. The summed E-state index contributed by atoms with van der Waals surface area (Å²) >= 11 is 0. The maximum absolute atomic E-state index is 13.0. The third-order valence-corrected chi connectivity index (χ3v) is 6.08. The first-order valence-corrected chi connectivity index (χ1v) is 10.2. The van der Waals surface area contributed by atoms with Gasteiger partial charge in [0, 0.05) is 38.4 Å². The Labute approximate surface area is 142 Å². The molecular weight excluding hydrogens is 332 g/mol. The minimum Gasteiger partial charge on any atom is -0.472 e. The zero-order valence-electron chi connectivity index (χ0n) is 13.9. The average Bonchev–Trinajstić information content (AvgIpc) is 3.10. The van der Waals surface area contributed by atoms with E-state index in [1.54, 1.807) is 6.07 Å². The first-order chi connectivity index (χ1) is 11.5. The molecule has 1 aromatic rings. The summed E-state index contributed by atoms with van der Waals surface area (Å²) in [6.45, 7) is 2.14. The van der Waals surface area contributed by atoms with E-state index in [1.165, 1.54) is 23.1 Å². The number of nitrogens with zero attached hydrogens (tertiary/aromatic N) is 2. The highest BCUT2D eigenvalue weighted by molar-refractivity contribution is 7.88. The molecule has 2 aliphatic heterocycles. The van der Waals surface area contributed by atoms with Crippen molar-refractivity contribution in [3.8, 4) is 0 Å². The van der Waals surface area contributed by atoms with Gasteiger partial charge in [0.25, 0.3) is 5.91 Å². The van der Waals surface area contributed by atoms with E-state index in [2.05, 4.69) is 0 Å². The number of carbonyl (C=O) groups excluding carboxylic acids is 1. The van der Waals surface area contributed by atoms with Gasteiger partial charge < -0.3 is 14.1 Å². The molecule has 7 nitrogen and oxygen atoms in total. The lowest BCUT2D eigenvalue weighted by molar-refractivity contribution is 0.00859. The average molecular weight is 356 g/mol. The monoisotopic (exact) mass is 356 g/mol. The highest BCUT2D eigenvalue weighted by atomic mass is 32.2. The molecular formula is C16H24N2O5S. The third-order valence-electron chi connectivity index (χ3n) is 4.81. The van der Waals surface area contributed by atoms with Gasteiger partial charge in [-0.05, 0) is 31.7 Å². The number of furan rings is 1. The molecule has 2 aliphatic rings. The van der Waals surface area contributed by atoms with Gasteiger partial charge in [-0.1, -0.05) is 0 Å². The van der Waals surface area contributed by atoms with E-state index in [1.807, 2.05) is 4.90 Å². The molecule has 0 N–H and O–H groups in total. The lowest BCUT2D eigenvalue weighted by atomic mass is 9.98. The van der Waals surface area contributed by atoms with Crippen LogP contribution >= 0.6 is 0 Å². The van der Waals surface area contributed by atoms with Gasteiger partial charge in [0.2, 0.25) is 10.0 Å². The van der Waals surface area contributed by atoms with Gasteiger partial charge in [0.15, 0.2) is 0 Å². The van der Waals surface area contributed by atoms with Crippen molar-refractivity contribution in [1.29, 1.82) is 0 Å². The molecule has 8 heteroatoms. The molecule has 0 bridgehead atoms. The summed E-state index contributed by atoms with van der Waals surface area (Å²) in [6.07, 6.45) is 7.29. The molecule has 2 saturated heterocycles. The fourth-order valence-electron chi connectivity index (χ4n) is 3.58. The molecule has 1 aromatic heterocycles. The minimum atomic E-state index is -3.25. The summed E-state index contributed by atoms with van der Waals surface area (Å²) in [7, 11) is -3.25. The fraction of sp³-hybridized carbons (Fsp3) is 0.688. The lowest BCUT2D eigenvalue weighted by Crippen LogP contribution is -2.55. The first-order valence-electron chi connectivity index (χ1n) is 8.34. The fourth-order valence-corrected chi connectivity index (χ4v) is 4.48. The topological polar surface area (TPSA) is 80.1 Å². The number of sulfonamides is 1. The molecule has 3 heterocycles. The Morgan fingerprint density at radius 2 is 2.00 bits per heavy atom. The molecule has 0 saturated carbocycles. The van der Waals surface area contributed by atoms with E-state index >= 15 is 0 Å². The van der Waals surface area contributed by atoms with E-state index in [0.717, 1.165) is 25.7 Å². The van der Waals surface area contributed by atoms with Crippen molar-refractivity contribution in [2.45, 2.75) is 37.8 Å². The highest BCUT2D eigenvalue weighted by Crippen LogP contribution is 2.26. The van der Waals surface area contributed by atoms with Crippen LogP contribution in [0.4, 0.5) is 0 Å². The van der Waals surface area contributed by atoms with Crippen LogP contribution in [0.3, 0.4) is 0 Å². The van der Waals surface area contributed by atoms with Gasteiger partial charge in [-0.2, -0.15) is 0 Å². The summed E-state index contributed by atoms with van der Waals surface area (Å²) in [5.74, 6) is -0.0870. The van der Waals surface area contributed by atoms with Crippen LogP contribution in [0.2, 0.25) is 0 Å². The maximum Gasteiger partial charge on any atom is 0.257 e. The SMILES string of the molecule is CS(=O)(=O)N1CCCC(N(C(=O)c2ccoc2)C2CCOCC2)C1. The summed E-state index contributed by atoms with van der Waals surface area (Å²) in [6, 6.07) is 1.62. The van der Waals surface area contributed by atoms with E-state index in [4.69, 9.17) is 9.15 Å². The quantitative estimate of drug-likeness (QED) is 0.813. The van der Waals surface area contributed by atoms with E-state index in [9.17, 15) is 13.2 Å². The first kappa shape index (κ1) is 17.4. The minimum absolute atomic E-state index is 0.0747. The van der Waals surface area contributed by atoms with Crippen LogP contribution in [0.5, 0.6) is 0 Å². The summed E-state index contributed by atoms with van der Waals surface area (Å²) < 4.78 is 35.8. The molecule has 0 aliphatic carbocycles. The molecule has 0 radical (unpaired) electrons. The molecule has 1 atom stereocenters. The lowest BCUT2D eigenvalue weighted by Gasteiger charge is -2.43. The zero-order chi connectivity index (χ0) is 17.2. The largest absolute Gasteiger partial charge is 0.472 e. The highest BCUT2D eigenvalue weighted by Gasteiger charge is 2.37. The Kier molecular flexibility index (Phi) is 5.27. The van der Waals surface area contributed by atoms with Crippen molar-refractivity contribution in [1.82, 2.24) is 9.21 Å². The maximum atomic E-state index is 13.0. The Morgan fingerprint density at radius 3 is 2.62 bits per heavy atom. The van der Waals surface area contributed by atoms with E-state index in [-0.39, 0.29) is 18.0 Å². The van der Waals surface area contributed by atoms with Crippen molar-refractivity contribution in [2.75, 3.05) is 32.6 Å². The Morgan fingerprint density at radius 1 is 1.25 bits per heavy atom. The van der Waals surface area contributed by atoms with Gasteiger partial charge >= 0.3 is 0 Å². The number of hydrogen-bond donors (Lipinski definition) is 0. The molecule has 24 heavy (non-hydrogen) atoms. The summed E-state index contributed by atoms with van der Waals surface area (Å²) in [4.78, 5) is 14.9. The third kappa shape index (κ3) is 3.81. The molecule has 134 valence electrons. The van der Waals surface area contributed by atoms with Crippen LogP contribution in [0.25, 0.3) is 0 Å². The number of hydrogen-bond acceptors (Lipinski definition) is 5. The van der Waals surface area contributed by atoms with Gasteiger partial charge in [0.05, 0.1) is 18.1 Å². The molecule has 3 rings (SSSR count). The van der Waals surface area contributed by atoms with E-state index < -0.39 is 10.0 Å². The molecule has 2 fully saturated rings. The Hall–Kier alpha value is -1.38. The zero-order valence-corrected chi connectivity index (χ0v) is 14.7. The van der Waals surface area contributed by atoms with Crippen molar-refractivity contribution < 1.29 is 22.4 Å². The van der Waals surface area contributed by atoms with Crippen LogP contribution < -0.4 is 0 Å². The van der Waals surface area contributed by atoms with Crippen molar-refractivity contribution >= 4 is 15.9 Å². The van der Waals surface area contributed by atoms with E-state index in [0.29, 0.717) is 31.9 Å². The number of ether oxygens (including phenoxy) is 1. The number of carbonyl (C=O) groups is 1. The van der Waals surface area contributed by atoms with Crippen molar-refractivity contribution in [2.24, 2.45) is 0 Å². The van der Waals surface area contributed by atoms with Crippen LogP contribution in [0.15, 0.2) is 23.0 Å². The van der Waals surface area contributed by atoms with Crippen LogP contribution in [-0.4, -0.2) is 68.2 Å². The molecule has 0 spiro atoms. The summed E-state index contributed by atoms with van der Waals surface area (Å²) in [5.41, 5.74) is 0.512. The molecule has 1 amide bonds. The predicted octanol–water partition coefficient (Wildman–Crippen LogP) is 1.32. The number of rotatable bonds is 4. The van der Waals surface area contributed by atoms with Gasteiger partial charge in [-0.25, -0.2) is 12.7 Å². The molecule has 0 aromatic carbocycles. The second kappa shape index (κ2) is 7.25. The number of amides is 1. The van der Waals surface area contributed by atoms with Crippen molar-refractivity contribution in [3.63, 3.8) is 0 Å². The Bertz CT molecular complexity index is 652. The second-order valence-electron chi connectivity index (χ2n) is 6.49.